The second-order valence-corrected chi connectivity index (χ2v) is 6.69. The van der Waals surface area contributed by atoms with Crippen LogP contribution in [0.25, 0.3) is 0 Å². The van der Waals surface area contributed by atoms with Crippen molar-refractivity contribution in [2.75, 3.05) is 19.6 Å². The molecular weight excluding hydrogens is 260 g/mol. The molecule has 19 heavy (non-hydrogen) atoms. The van der Waals surface area contributed by atoms with Crippen molar-refractivity contribution >= 4 is 17.3 Å². The highest BCUT2D eigenvalue weighted by Gasteiger charge is 2.46. The van der Waals surface area contributed by atoms with Crippen LogP contribution in [0.4, 0.5) is 0 Å². The maximum atomic E-state index is 11.6. The Labute approximate surface area is 118 Å². The first kappa shape index (κ1) is 14.5. The van der Waals surface area contributed by atoms with E-state index in [0.717, 1.165) is 31.6 Å². The van der Waals surface area contributed by atoms with Crippen molar-refractivity contribution < 1.29 is 9.90 Å². The Balaban J connectivity index is 1.95. The van der Waals surface area contributed by atoms with E-state index in [1.165, 1.54) is 4.88 Å². The smallest absolute Gasteiger partial charge is 0.311 e. The van der Waals surface area contributed by atoms with Gasteiger partial charge in [-0.1, -0.05) is 13.8 Å². The lowest BCUT2D eigenvalue weighted by Crippen LogP contribution is -2.39. The van der Waals surface area contributed by atoms with Crippen molar-refractivity contribution in [3.8, 4) is 0 Å². The standard InChI is InChI=1S/C14H22N2O2S/c1-10(2)14(13(17)18)5-7-16(8-14)6-4-12-11(3)15-9-19-12/h9-10H,4-8H2,1-3H3,(H,17,18). The van der Waals surface area contributed by atoms with Gasteiger partial charge in [-0.15, -0.1) is 11.3 Å². The number of rotatable bonds is 5. The largest absolute Gasteiger partial charge is 0.481 e. The lowest BCUT2D eigenvalue weighted by molar-refractivity contribution is -0.151. The molecule has 0 aromatic carbocycles. The Bertz CT molecular complexity index is 458. The van der Waals surface area contributed by atoms with E-state index in [0.29, 0.717) is 6.54 Å². The summed E-state index contributed by atoms with van der Waals surface area (Å²) in [6.07, 6.45) is 1.74. The highest BCUT2D eigenvalue weighted by Crippen LogP contribution is 2.38. The fourth-order valence-corrected chi connectivity index (χ4v) is 3.59. The molecule has 1 aromatic heterocycles. The van der Waals surface area contributed by atoms with Crippen molar-refractivity contribution in [1.29, 1.82) is 0 Å². The summed E-state index contributed by atoms with van der Waals surface area (Å²) in [5.74, 6) is -0.459. The third-order valence-corrected chi connectivity index (χ3v) is 5.41. The molecule has 1 fully saturated rings. The molecule has 1 atom stereocenters. The number of carboxylic acids is 1. The Hall–Kier alpha value is -0.940. The van der Waals surface area contributed by atoms with Gasteiger partial charge in [-0.3, -0.25) is 4.79 Å². The average Bonchev–Trinajstić information content (AvgIpc) is 2.93. The van der Waals surface area contributed by atoms with Crippen molar-refractivity contribution in [3.05, 3.63) is 16.1 Å². The first-order valence-electron chi connectivity index (χ1n) is 6.80. The molecule has 0 spiro atoms. The summed E-state index contributed by atoms with van der Waals surface area (Å²) < 4.78 is 0. The number of hydrogen-bond donors (Lipinski definition) is 1. The van der Waals surface area contributed by atoms with Crippen LogP contribution < -0.4 is 0 Å². The lowest BCUT2D eigenvalue weighted by atomic mass is 9.76. The van der Waals surface area contributed by atoms with E-state index >= 15 is 0 Å². The molecule has 4 nitrogen and oxygen atoms in total. The molecule has 0 amide bonds. The van der Waals surface area contributed by atoms with Crippen LogP contribution in [0.5, 0.6) is 0 Å². The van der Waals surface area contributed by atoms with Crippen molar-refractivity contribution in [2.45, 2.75) is 33.6 Å². The topological polar surface area (TPSA) is 53.4 Å². The zero-order valence-electron chi connectivity index (χ0n) is 11.8. The minimum absolute atomic E-state index is 0.181. The van der Waals surface area contributed by atoms with Crippen molar-refractivity contribution in [3.63, 3.8) is 0 Å². The first-order chi connectivity index (χ1) is 8.95. The molecule has 1 unspecified atom stereocenters. The summed E-state index contributed by atoms with van der Waals surface area (Å²) in [6, 6.07) is 0. The molecular formula is C14H22N2O2S. The number of thiazole rings is 1. The normalized spacial score (nSPS) is 24.2. The molecule has 106 valence electrons. The molecule has 1 N–H and O–H groups in total. The SMILES string of the molecule is Cc1ncsc1CCN1CCC(C(=O)O)(C(C)C)C1. The number of carbonyl (C=O) groups is 1. The Morgan fingerprint density at radius 1 is 1.63 bits per heavy atom. The van der Waals surface area contributed by atoms with E-state index in [4.69, 9.17) is 0 Å². The van der Waals surface area contributed by atoms with Crippen molar-refractivity contribution in [1.82, 2.24) is 9.88 Å². The van der Waals surface area contributed by atoms with E-state index in [1.807, 2.05) is 26.3 Å². The number of aromatic nitrogens is 1. The molecule has 0 saturated carbocycles. The van der Waals surface area contributed by atoms with Gasteiger partial charge in [-0.05, 0) is 32.2 Å². The molecule has 1 saturated heterocycles. The number of nitrogens with zero attached hydrogens (tertiary/aromatic N) is 2. The van der Waals surface area contributed by atoms with Gasteiger partial charge < -0.3 is 10.0 Å². The summed E-state index contributed by atoms with van der Waals surface area (Å²) in [5, 5.41) is 9.51. The van der Waals surface area contributed by atoms with Crippen LogP contribution in [0, 0.1) is 18.3 Å². The zero-order chi connectivity index (χ0) is 14.0. The third kappa shape index (κ3) is 2.82. The number of hydrogen-bond acceptors (Lipinski definition) is 4. The van der Waals surface area contributed by atoms with Crippen LogP contribution in [0.2, 0.25) is 0 Å². The van der Waals surface area contributed by atoms with Crippen molar-refractivity contribution in [2.24, 2.45) is 11.3 Å². The van der Waals surface area contributed by atoms with Crippen LogP contribution in [0.3, 0.4) is 0 Å². The van der Waals surface area contributed by atoms with Crippen LogP contribution in [-0.2, 0) is 11.2 Å². The van der Waals surface area contributed by atoms with Gasteiger partial charge in [0, 0.05) is 18.0 Å². The average molecular weight is 282 g/mol. The summed E-state index contributed by atoms with van der Waals surface area (Å²) in [5.41, 5.74) is 2.44. The Morgan fingerprint density at radius 3 is 2.84 bits per heavy atom. The van der Waals surface area contributed by atoms with E-state index in [2.05, 4.69) is 9.88 Å². The molecule has 2 rings (SSSR count). The lowest BCUT2D eigenvalue weighted by Gasteiger charge is -2.28. The van der Waals surface area contributed by atoms with Crippen LogP contribution in [-0.4, -0.2) is 40.6 Å². The summed E-state index contributed by atoms with van der Waals surface area (Å²) in [4.78, 5) is 19.4. The molecule has 0 bridgehead atoms. The fourth-order valence-electron chi connectivity index (χ4n) is 2.82. The van der Waals surface area contributed by atoms with Crippen LogP contribution in [0.1, 0.15) is 30.8 Å². The van der Waals surface area contributed by atoms with Gasteiger partial charge >= 0.3 is 5.97 Å². The van der Waals surface area contributed by atoms with Gasteiger partial charge in [0.2, 0.25) is 0 Å². The van der Waals surface area contributed by atoms with Gasteiger partial charge in [0.05, 0.1) is 16.6 Å². The van der Waals surface area contributed by atoms with Gasteiger partial charge in [-0.25, -0.2) is 4.98 Å². The molecule has 1 aromatic rings. The number of carboxylic acid groups (broad SMARTS) is 1. The predicted octanol–water partition coefficient (Wildman–Crippen LogP) is 2.43. The highest BCUT2D eigenvalue weighted by molar-refractivity contribution is 7.09. The van der Waals surface area contributed by atoms with E-state index in [9.17, 15) is 9.90 Å². The molecule has 0 aliphatic carbocycles. The monoisotopic (exact) mass is 282 g/mol. The minimum atomic E-state index is -0.640. The summed E-state index contributed by atoms with van der Waals surface area (Å²) in [7, 11) is 0. The fraction of sp³-hybridized carbons (Fsp3) is 0.714. The van der Waals surface area contributed by atoms with E-state index in [1.54, 1.807) is 11.3 Å². The number of aliphatic carboxylic acids is 1. The Kier molecular flexibility index (Phi) is 4.26. The molecule has 5 heteroatoms. The maximum absolute atomic E-state index is 11.6. The number of aryl methyl sites for hydroxylation is 1. The van der Waals surface area contributed by atoms with Gasteiger partial charge in [0.1, 0.15) is 0 Å². The molecule has 0 radical (unpaired) electrons. The second kappa shape index (κ2) is 5.59. The number of likely N-dealkylation sites (tertiary alicyclic amines) is 1. The highest BCUT2D eigenvalue weighted by atomic mass is 32.1. The van der Waals surface area contributed by atoms with Crippen LogP contribution in [0.15, 0.2) is 5.51 Å². The summed E-state index contributed by atoms with van der Waals surface area (Å²) in [6.45, 7) is 8.58. The second-order valence-electron chi connectivity index (χ2n) is 5.75. The van der Waals surface area contributed by atoms with E-state index < -0.39 is 11.4 Å². The van der Waals surface area contributed by atoms with Gasteiger partial charge in [0.25, 0.3) is 0 Å². The Morgan fingerprint density at radius 2 is 2.37 bits per heavy atom. The molecule has 2 heterocycles. The zero-order valence-corrected chi connectivity index (χ0v) is 12.7. The predicted molar refractivity (Wildman–Crippen MR) is 76.5 cm³/mol. The molecule has 1 aliphatic rings. The first-order valence-corrected chi connectivity index (χ1v) is 7.68. The van der Waals surface area contributed by atoms with Gasteiger partial charge in [0.15, 0.2) is 0 Å². The summed E-state index contributed by atoms with van der Waals surface area (Å²) >= 11 is 1.69. The molecule has 1 aliphatic heterocycles. The van der Waals surface area contributed by atoms with Crippen LogP contribution >= 0.6 is 11.3 Å². The quantitative estimate of drug-likeness (QED) is 0.901. The van der Waals surface area contributed by atoms with Gasteiger partial charge in [-0.2, -0.15) is 0 Å². The van der Waals surface area contributed by atoms with E-state index in [-0.39, 0.29) is 5.92 Å². The minimum Gasteiger partial charge on any atom is -0.481 e. The maximum Gasteiger partial charge on any atom is 0.311 e. The third-order valence-electron chi connectivity index (χ3n) is 4.41.